The third kappa shape index (κ3) is 5.26. The van der Waals surface area contributed by atoms with Gasteiger partial charge in [-0.1, -0.05) is 12.1 Å². The van der Waals surface area contributed by atoms with Crippen LogP contribution in [0.4, 0.5) is 0 Å². The van der Waals surface area contributed by atoms with Crippen LogP contribution in [0.5, 0.6) is 17.2 Å². The number of hydrogen-bond donors (Lipinski definition) is 2. The average Bonchev–Trinajstić information content (AvgIpc) is 2.74. The molecule has 0 aliphatic heterocycles. The van der Waals surface area contributed by atoms with Gasteiger partial charge in [0.15, 0.2) is 11.5 Å². The summed E-state index contributed by atoms with van der Waals surface area (Å²) in [5, 5.41) is 5.37. The Kier molecular flexibility index (Phi) is 7.45. The first kappa shape index (κ1) is 20.8. The van der Waals surface area contributed by atoms with Crippen LogP contribution in [0.3, 0.4) is 0 Å². The standard InChI is InChI=1S/C21H24N2O5/c1-22-21(25)16-8-5-14(6-9-16)7-10-19(24)23-13-15-11-17(26-2)20(28-4)18(12-15)27-3/h5-12H,13H2,1-4H3,(H,22,25)(H,23,24)/b10-7+. The van der Waals surface area contributed by atoms with Crippen molar-refractivity contribution < 1.29 is 23.8 Å². The lowest BCUT2D eigenvalue weighted by atomic mass is 10.1. The van der Waals surface area contributed by atoms with E-state index in [0.29, 0.717) is 29.4 Å². The first-order chi connectivity index (χ1) is 13.5. The van der Waals surface area contributed by atoms with E-state index in [0.717, 1.165) is 11.1 Å². The third-order valence-electron chi connectivity index (χ3n) is 4.02. The van der Waals surface area contributed by atoms with E-state index < -0.39 is 0 Å². The maximum atomic E-state index is 12.1. The highest BCUT2D eigenvalue weighted by Gasteiger charge is 2.13. The summed E-state index contributed by atoms with van der Waals surface area (Å²) in [7, 11) is 6.19. The number of ether oxygens (including phenoxy) is 3. The molecule has 2 aromatic rings. The fraction of sp³-hybridized carbons (Fsp3) is 0.238. The second-order valence-corrected chi connectivity index (χ2v) is 5.79. The lowest BCUT2D eigenvalue weighted by Crippen LogP contribution is -2.20. The van der Waals surface area contributed by atoms with Crippen molar-refractivity contribution in [1.82, 2.24) is 10.6 Å². The molecule has 0 aliphatic carbocycles. The zero-order valence-corrected chi connectivity index (χ0v) is 16.4. The molecule has 28 heavy (non-hydrogen) atoms. The highest BCUT2D eigenvalue weighted by Crippen LogP contribution is 2.38. The Morgan fingerprint density at radius 1 is 0.964 bits per heavy atom. The molecule has 0 atom stereocenters. The Morgan fingerprint density at radius 2 is 1.57 bits per heavy atom. The van der Waals surface area contributed by atoms with Crippen molar-refractivity contribution in [3.63, 3.8) is 0 Å². The van der Waals surface area contributed by atoms with Crippen molar-refractivity contribution in [3.8, 4) is 17.2 Å². The molecule has 0 aromatic heterocycles. The van der Waals surface area contributed by atoms with Gasteiger partial charge in [0.2, 0.25) is 11.7 Å². The number of hydrogen-bond acceptors (Lipinski definition) is 5. The van der Waals surface area contributed by atoms with Gasteiger partial charge in [0, 0.05) is 25.2 Å². The summed E-state index contributed by atoms with van der Waals surface area (Å²) in [4.78, 5) is 23.6. The Bertz CT molecular complexity index is 835. The second-order valence-electron chi connectivity index (χ2n) is 5.79. The van der Waals surface area contributed by atoms with Gasteiger partial charge in [-0.3, -0.25) is 9.59 Å². The van der Waals surface area contributed by atoms with E-state index in [9.17, 15) is 9.59 Å². The molecular formula is C21H24N2O5. The molecule has 7 heteroatoms. The second kappa shape index (κ2) is 10.0. The van der Waals surface area contributed by atoms with E-state index in [2.05, 4.69) is 10.6 Å². The minimum Gasteiger partial charge on any atom is -0.493 e. The Balaban J connectivity index is 2.00. The van der Waals surface area contributed by atoms with Crippen LogP contribution in [0.1, 0.15) is 21.5 Å². The molecule has 0 heterocycles. The Hall–Kier alpha value is -3.48. The van der Waals surface area contributed by atoms with Crippen LogP contribution in [0.15, 0.2) is 42.5 Å². The number of methoxy groups -OCH3 is 3. The lowest BCUT2D eigenvalue weighted by Gasteiger charge is -2.14. The summed E-state index contributed by atoms with van der Waals surface area (Å²) < 4.78 is 15.9. The van der Waals surface area contributed by atoms with Crippen molar-refractivity contribution >= 4 is 17.9 Å². The number of nitrogens with one attached hydrogen (secondary N) is 2. The lowest BCUT2D eigenvalue weighted by molar-refractivity contribution is -0.116. The molecule has 0 saturated heterocycles. The van der Waals surface area contributed by atoms with Crippen molar-refractivity contribution in [2.75, 3.05) is 28.4 Å². The average molecular weight is 384 g/mol. The molecule has 2 aromatic carbocycles. The fourth-order valence-electron chi connectivity index (χ4n) is 2.55. The van der Waals surface area contributed by atoms with Crippen LogP contribution in [0.2, 0.25) is 0 Å². The van der Waals surface area contributed by atoms with Crippen LogP contribution >= 0.6 is 0 Å². The Morgan fingerprint density at radius 3 is 2.07 bits per heavy atom. The number of carbonyl (C=O) groups is 2. The van der Waals surface area contributed by atoms with Gasteiger partial charge >= 0.3 is 0 Å². The largest absolute Gasteiger partial charge is 0.493 e. The summed E-state index contributed by atoms with van der Waals surface area (Å²) in [6, 6.07) is 10.5. The predicted octanol–water partition coefficient (Wildman–Crippen LogP) is 2.40. The van der Waals surface area contributed by atoms with E-state index in [1.807, 2.05) is 0 Å². The Labute approximate surface area is 164 Å². The molecule has 0 bridgehead atoms. The molecule has 0 unspecified atom stereocenters. The van der Waals surface area contributed by atoms with E-state index in [1.54, 1.807) is 49.5 Å². The van der Waals surface area contributed by atoms with Gasteiger partial charge in [-0.2, -0.15) is 0 Å². The van der Waals surface area contributed by atoms with Gasteiger partial charge in [0.05, 0.1) is 21.3 Å². The van der Waals surface area contributed by atoms with Crippen LogP contribution in [-0.2, 0) is 11.3 Å². The van der Waals surface area contributed by atoms with Crippen molar-refractivity contribution in [3.05, 3.63) is 59.2 Å². The summed E-state index contributed by atoms with van der Waals surface area (Å²) >= 11 is 0. The van der Waals surface area contributed by atoms with Gasteiger partial charge < -0.3 is 24.8 Å². The highest BCUT2D eigenvalue weighted by atomic mass is 16.5. The number of carbonyl (C=O) groups excluding carboxylic acids is 2. The quantitative estimate of drug-likeness (QED) is 0.683. The van der Waals surface area contributed by atoms with Gasteiger partial charge in [-0.05, 0) is 41.5 Å². The predicted molar refractivity (Wildman–Crippen MR) is 107 cm³/mol. The summed E-state index contributed by atoms with van der Waals surface area (Å²) in [5.41, 5.74) is 2.19. The number of amides is 2. The van der Waals surface area contributed by atoms with E-state index in [4.69, 9.17) is 14.2 Å². The smallest absolute Gasteiger partial charge is 0.251 e. The molecule has 0 spiro atoms. The molecule has 2 amide bonds. The van der Waals surface area contributed by atoms with Gasteiger partial charge in [-0.15, -0.1) is 0 Å². The molecule has 0 saturated carbocycles. The first-order valence-corrected chi connectivity index (χ1v) is 8.59. The summed E-state index contributed by atoms with van der Waals surface area (Å²) in [5.74, 6) is 1.15. The summed E-state index contributed by atoms with van der Waals surface area (Å²) in [6.45, 7) is 0.301. The topological polar surface area (TPSA) is 85.9 Å². The monoisotopic (exact) mass is 384 g/mol. The van der Waals surface area contributed by atoms with E-state index in [-0.39, 0.29) is 11.8 Å². The van der Waals surface area contributed by atoms with Crippen molar-refractivity contribution in [1.29, 1.82) is 0 Å². The minimum absolute atomic E-state index is 0.154. The first-order valence-electron chi connectivity index (χ1n) is 8.59. The van der Waals surface area contributed by atoms with Crippen molar-refractivity contribution in [2.24, 2.45) is 0 Å². The zero-order chi connectivity index (χ0) is 20.5. The van der Waals surface area contributed by atoms with Crippen LogP contribution < -0.4 is 24.8 Å². The van der Waals surface area contributed by atoms with Gasteiger partial charge in [-0.25, -0.2) is 0 Å². The molecule has 148 valence electrons. The van der Waals surface area contributed by atoms with E-state index in [1.165, 1.54) is 27.4 Å². The van der Waals surface area contributed by atoms with Crippen LogP contribution in [0, 0.1) is 0 Å². The van der Waals surface area contributed by atoms with Gasteiger partial charge in [0.25, 0.3) is 5.91 Å². The van der Waals surface area contributed by atoms with Crippen LogP contribution in [-0.4, -0.2) is 40.2 Å². The molecule has 0 aliphatic rings. The maximum absolute atomic E-state index is 12.1. The van der Waals surface area contributed by atoms with Crippen LogP contribution in [0.25, 0.3) is 6.08 Å². The molecule has 7 nitrogen and oxygen atoms in total. The molecule has 0 radical (unpaired) electrons. The van der Waals surface area contributed by atoms with Crippen molar-refractivity contribution in [2.45, 2.75) is 6.54 Å². The molecule has 0 fully saturated rings. The number of rotatable bonds is 8. The van der Waals surface area contributed by atoms with Gasteiger partial charge in [0.1, 0.15) is 0 Å². The SMILES string of the molecule is CNC(=O)c1ccc(/C=C/C(=O)NCc2cc(OC)c(OC)c(OC)c2)cc1. The molecular weight excluding hydrogens is 360 g/mol. The highest BCUT2D eigenvalue weighted by molar-refractivity contribution is 5.94. The van der Waals surface area contributed by atoms with E-state index >= 15 is 0 Å². The summed E-state index contributed by atoms with van der Waals surface area (Å²) in [6.07, 6.45) is 3.12. The zero-order valence-electron chi connectivity index (χ0n) is 16.4. The molecule has 2 N–H and O–H groups in total. The fourth-order valence-corrected chi connectivity index (χ4v) is 2.55. The maximum Gasteiger partial charge on any atom is 0.251 e. The molecule has 2 rings (SSSR count). The third-order valence-corrected chi connectivity index (χ3v) is 4.02. The number of benzene rings is 2. The minimum atomic E-state index is -0.246. The normalized spacial score (nSPS) is 10.4.